The van der Waals surface area contributed by atoms with Crippen LogP contribution in [0.2, 0.25) is 0 Å². The Morgan fingerprint density at radius 3 is 1.89 bits per heavy atom. The van der Waals surface area contributed by atoms with Crippen LogP contribution in [0.4, 0.5) is 0 Å². The van der Waals surface area contributed by atoms with Gasteiger partial charge in [0.2, 0.25) is 0 Å². The molecule has 0 aromatic heterocycles. The van der Waals surface area contributed by atoms with Gasteiger partial charge in [0, 0.05) is 13.1 Å². The van der Waals surface area contributed by atoms with E-state index in [0.29, 0.717) is 13.1 Å². The molecule has 0 atom stereocenters. The molecule has 0 aromatic rings. The highest BCUT2D eigenvalue weighted by molar-refractivity contribution is 7.86. The van der Waals surface area contributed by atoms with Crippen LogP contribution < -0.4 is 5.32 Å². The fourth-order valence-corrected chi connectivity index (χ4v) is 1.13. The quantitative estimate of drug-likeness (QED) is 0.513. The van der Waals surface area contributed by atoms with Gasteiger partial charge < -0.3 is 5.32 Å². The number of rotatable bonds is 1. The SMILES string of the molecule is Cl.O=S(=O)(O)C1CNC1. The molecule has 9 heavy (non-hydrogen) atoms. The Morgan fingerprint density at radius 2 is 1.89 bits per heavy atom. The first kappa shape index (κ1) is 9.16. The van der Waals surface area contributed by atoms with Crippen LogP contribution in [0.1, 0.15) is 0 Å². The van der Waals surface area contributed by atoms with Crippen molar-refractivity contribution in [2.24, 2.45) is 0 Å². The molecular formula is C3H8ClNO3S. The minimum Gasteiger partial charge on any atom is -0.314 e. The van der Waals surface area contributed by atoms with Gasteiger partial charge in [0.1, 0.15) is 5.25 Å². The lowest BCUT2D eigenvalue weighted by atomic mass is 10.3. The van der Waals surface area contributed by atoms with E-state index in [1.54, 1.807) is 0 Å². The smallest absolute Gasteiger partial charge is 0.270 e. The molecule has 1 aliphatic heterocycles. The summed E-state index contributed by atoms with van der Waals surface area (Å²) in [6.45, 7) is 0.775. The zero-order chi connectivity index (χ0) is 6.20. The molecule has 0 saturated carbocycles. The lowest BCUT2D eigenvalue weighted by Gasteiger charge is -2.23. The van der Waals surface area contributed by atoms with Gasteiger partial charge in [0.05, 0.1) is 0 Å². The molecule has 1 saturated heterocycles. The van der Waals surface area contributed by atoms with Crippen LogP contribution in [0.15, 0.2) is 0 Å². The maximum Gasteiger partial charge on any atom is 0.270 e. The van der Waals surface area contributed by atoms with Crippen LogP contribution in [0.5, 0.6) is 0 Å². The molecule has 0 aliphatic carbocycles. The molecule has 0 radical (unpaired) electrons. The average molecular weight is 174 g/mol. The van der Waals surface area contributed by atoms with Gasteiger partial charge >= 0.3 is 0 Å². The second-order valence-corrected chi connectivity index (χ2v) is 3.49. The summed E-state index contributed by atoms with van der Waals surface area (Å²) in [6.07, 6.45) is 0. The van der Waals surface area contributed by atoms with Gasteiger partial charge in [-0.1, -0.05) is 0 Å². The van der Waals surface area contributed by atoms with E-state index in [-0.39, 0.29) is 12.4 Å². The van der Waals surface area contributed by atoms with Crippen molar-refractivity contribution in [2.45, 2.75) is 5.25 Å². The molecule has 6 heteroatoms. The third kappa shape index (κ3) is 2.09. The summed E-state index contributed by atoms with van der Waals surface area (Å²) in [5.41, 5.74) is 0. The summed E-state index contributed by atoms with van der Waals surface area (Å²) in [5.74, 6) is 0. The van der Waals surface area contributed by atoms with Gasteiger partial charge in [-0.25, -0.2) is 0 Å². The Morgan fingerprint density at radius 1 is 1.44 bits per heavy atom. The van der Waals surface area contributed by atoms with Gasteiger partial charge in [-0.15, -0.1) is 12.4 Å². The molecule has 2 N–H and O–H groups in total. The molecule has 1 fully saturated rings. The van der Waals surface area contributed by atoms with Gasteiger partial charge in [-0.3, -0.25) is 4.55 Å². The van der Waals surface area contributed by atoms with Crippen LogP contribution in [0.3, 0.4) is 0 Å². The predicted molar refractivity (Wildman–Crippen MR) is 35.5 cm³/mol. The van der Waals surface area contributed by atoms with E-state index >= 15 is 0 Å². The van der Waals surface area contributed by atoms with Gasteiger partial charge in [-0.05, 0) is 0 Å². The summed E-state index contributed by atoms with van der Waals surface area (Å²) >= 11 is 0. The monoisotopic (exact) mass is 173 g/mol. The lowest BCUT2D eigenvalue weighted by Crippen LogP contribution is -2.51. The lowest BCUT2D eigenvalue weighted by molar-refractivity contribution is 0.426. The molecule has 0 aromatic carbocycles. The second-order valence-electron chi connectivity index (χ2n) is 1.80. The highest BCUT2D eigenvalue weighted by Gasteiger charge is 2.28. The van der Waals surface area contributed by atoms with E-state index in [4.69, 9.17) is 4.55 Å². The maximum absolute atomic E-state index is 10.1. The van der Waals surface area contributed by atoms with Crippen molar-refractivity contribution < 1.29 is 13.0 Å². The Kier molecular flexibility index (Phi) is 2.88. The highest BCUT2D eigenvalue weighted by atomic mass is 35.5. The first-order valence-electron chi connectivity index (χ1n) is 2.28. The molecule has 0 amide bonds. The molecular weight excluding hydrogens is 166 g/mol. The van der Waals surface area contributed by atoms with Crippen LogP contribution in [0.25, 0.3) is 0 Å². The fourth-order valence-electron chi connectivity index (χ4n) is 0.473. The van der Waals surface area contributed by atoms with Gasteiger partial charge in [-0.2, -0.15) is 8.42 Å². The van der Waals surface area contributed by atoms with Gasteiger partial charge in [0.25, 0.3) is 10.1 Å². The minimum atomic E-state index is -3.73. The van der Waals surface area contributed by atoms with Crippen molar-refractivity contribution in [1.29, 1.82) is 0 Å². The minimum absolute atomic E-state index is 0. The van der Waals surface area contributed by atoms with Crippen LogP contribution in [-0.4, -0.2) is 31.3 Å². The number of hydrogen-bond acceptors (Lipinski definition) is 3. The normalized spacial score (nSPS) is 20.1. The van der Waals surface area contributed by atoms with E-state index in [1.807, 2.05) is 0 Å². The van der Waals surface area contributed by atoms with Crippen LogP contribution in [0, 0.1) is 0 Å². The third-order valence-electron chi connectivity index (χ3n) is 1.17. The maximum atomic E-state index is 10.1. The molecule has 0 spiro atoms. The fraction of sp³-hybridized carbons (Fsp3) is 1.00. The third-order valence-corrected chi connectivity index (χ3v) is 2.34. The molecule has 56 valence electrons. The summed E-state index contributed by atoms with van der Waals surface area (Å²) in [6, 6.07) is 0. The summed E-state index contributed by atoms with van der Waals surface area (Å²) in [5, 5.41) is 2.18. The zero-order valence-corrected chi connectivity index (χ0v) is 6.20. The highest BCUT2D eigenvalue weighted by Crippen LogP contribution is 2.02. The summed E-state index contributed by atoms with van der Waals surface area (Å²) < 4.78 is 28.5. The molecule has 1 rings (SSSR count). The van der Waals surface area contributed by atoms with Crippen LogP contribution >= 0.6 is 12.4 Å². The van der Waals surface area contributed by atoms with Crippen LogP contribution in [-0.2, 0) is 10.1 Å². The molecule has 0 bridgehead atoms. The van der Waals surface area contributed by atoms with Gasteiger partial charge in [0.15, 0.2) is 0 Å². The van der Waals surface area contributed by atoms with E-state index in [9.17, 15) is 8.42 Å². The summed E-state index contributed by atoms with van der Waals surface area (Å²) in [7, 11) is -3.73. The predicted octanol–water partition coefficient (Wildman–Crippen LogP) is -0.732. The average Bonchev–Trinajstić information content (AvgIpc) is 1.16. The molecule has 1 aliphatic rings. The first-order chi connectivity index (χ1) is 3.61. The van der Waals surface area contributed by atoms with Crippen molar-refractivity contribution in [1.82, 2.24) is 5.32 Å². The Hall–Kier alpha value is 0.160. The van der Waals surface area contributed by atoms with Crippen molar-refractivity contribution in [3.05, 3.63) is 0 Å². The summed E-state index contributed by atoms with van der Waals surface area (Å²) in [4.78, 5) is 0. The zero-order valence-electron chi connectivity index (χ0n) is 4.57. The molecule has 4 nitrogen and oxygen atoms in total. The van der Waals surface area contributed by atoms with Crippen molar-refractivity contribution in [2.75, 3.05) is 13.1 Å². The second kappa shape index (κ2) is 2.83. The Balaban J connectivity index is 0.000000640. The topological polar surface area (TPSA) is 66.4 Å². The van der Waals surface area contributed by atoms with E-state index < -0.39 is 15.4 Å². The Labute approximate surface area is 59.8 Å². The van der Waals surface area contributed by atoms with Crippen molar-refractivity contribution in [3.63, 3.8) is 0 Å². The molecule has 0 unspecified atom stereocenters. The largest absolute Gasteiger partial charge is 0.314 e. The number of hydrogen-bond donors (Lipinski definition) is 2. The van der Waals surface area contributed by atoms with Crippen molar-refractivity contribution in [3.8, 4) is 0 Å². The standard InChI is InChI=1S/C3H7NO3S.ClH/c5-8(6,7)3-1-4-2-3;/h3-4H,1-2H2,(H,5,6,7);1H. The number of halogens is 1. The molecule has 1 heterocycles. The van der Waals surface area contributed by atoms with E-state index in [2.05, 4.69) is 5.32 Å². The van der Waals surface area contributed by atoms with E-state index in [0.717, 1.165) is 0 Å². The number of nitrogens with one attached hydrogen (secondary N) is 1. The van der Waals surface area contributed by atoms with E-state index in [1.165, 1.54) is 0 Å². The van der Waals surface area contributed by atoms with Crippen molar-refractivity contribution >= 4 is 22.5 Å². The Bertz CT molecular complexity index is 173. The first-order valence-corrected chi connectivity index (χ1v) is 3.78.